The van der Waals surface area contributed by atoms with Crippen LogP contribution in [0.5, 0.6) is 0 Å². The van der Waals surface area contributed by atoms with Crippen molar-refractivity contribution in [3.63, 3.8) is 0 Å². The zero-order valence-electron chi connectivity index (χ0n) is 10.1. The zero-order chi connectivity index (χ0) is 11.4. The first-order valence-corrected chi connectivity index (χ1v) is 6.87. The second kappa shape index (κ2) is 5.75. The van der Waals surface area contributed by atoms with Crippen LogP contribution in [0.2, 0.25) is 0 Å². The minimum Gasteiger partial charge on any atom is -0.380 e. The summed E-state index contributed by atoms with van der Waals surface area (Å²) in [5.74, 6) is 0. The van der Waals surface area contributed by atoms with Crippen LogP contribution in [0, 0.1) is 6.92 Å². The monoisotopic (exact) mass is 240 g/mol. The molecular weight excluding hydrogens is 220 g/mol. The number of ether oxygens (including phenoxy) is 1. The molecule has 1 aromatic heterocycles. The Morgan fingerprint density at radius 2 is 2.44 bits per heavy atom. The van der Waals surface area contributed by atoms with Crippen molar-refractivity contribution in [1.82, 2.24) is 10.3 Å². The summed E-state index contributed by atoms with van der Waals surface area (Å²) in [7, 11) is 0. The molecule has 16 heavy (non-hydrogen) atoms. The molecule has 1 fully saturated rings. The Bertz CT molecular complexity index is 332. The van der Waals surface area contributed by atoms with Gasteiger partial charge < -0.3 is 10.1 Å². The lowest BCUT2D eigenvalue weighted by Crippen LogP contribution is -2.30. The van der Waals surface area contributed by atoms with Gasteiger partial charge in [0.2, 0.25) is 0 Å². The Labute approximate surface area is 101 Å². The predicted octanol–water partition coefficient (Wildman–Crippen LogP) is 1.93. The standard InChI is InChI=1S/C12H20N2OS/c1-3-11-9(2)16-12(14-11)4-6-13-10-5-7-15-8-10/h10,13H,3-8H2,1-2H3. The first-order valence-electron chi connectivity index (χ1n) is 6.06. The minimum absolute atomic E-state index is 0.562. The predicted molar refractivity (Wildman–Crippen MR) is 67.2 cm³/mol. The second-order valence-corrected chi connectivity index (χ2v) is 5.52. The lowest BCUT2D eigenvalue weighted by atomic mass is 10.2. The number of nitrogens with one attached hydrogen (secondary N) is 1. The lowest BCUT2D eigenvalue weighted by Gasteiger charge is -2.08. The molecule has 1 aliphatic rings. The molecule has 0 radical (unpaired) electrons. The molecule has 0 aliphatic carbocycles. The van der Waals surface area contributed by atoms with Crippen molar-refractivity contribution in [2.24, 2.45) is 0 Å². The fourth-order valence-corrected chi connectivity index (χ4v) is 3.02. The Balaban J connectivity index is 1.75. The highest BCUT2D eigenvalue weighted by Crippen LogP contribution is 2.18. The third-order valence-electron chi connectivity index (χ3n) is 2.97. The zero-order valence-corrected chi connectivity index (χ0v) is 10.9. The van der Waals surface area contributed by atoms with Crippen molar-refractivity contribution in [3.8, 4) is 0 Å². The first kappa shape index (κ1) is 12.0. The molecule has 1 N–H and O–H groups in total. The maximum atomic E-state index is 5.32. The first-order chi connectivity index (χ1) is 7.79. The van der Waals surface area contributed by atoms with E-state index >= 15 is 0 Å². The van der Waals surface area contributed by atoms with Crippen molar-refractivity contribution < 1.29 is 4.74 Å². The van der Waals surface area contributed by atoms with E-state index in [1.807, 2.05) is 11.3 Å². The van der Waals surface area contributed by atoms with Crippen LogP contribution in [0.15, 0.2) is 0 Å². The van der Waals surface area contributed by atoms with Gasteiger partial charge >= 0.3 is 0 Å². The van der Waals surface area contributed by atoms with Crippen molar-refractivity contribution in [2.45, 2.75) is 39.2 Å². The molecule has 0 amide bonds. The summed E-state index contributed by atoms with van der Waals surface area (Å²) in [6.45, 7) is 7.13. The summed E-state index contributed by atoms with van der Waals surface area (Å²) in [5.41, 5.74) is 1.27. The largest absolute Gasteiger partial charge is 0.380 e. The van der Waals surface area contributed by atoms with Gasteiger partial charge in [-0.3, -0.25) is 0 Å². The molecule has 2 rings (SSSR count). The highest BCUT2D eigenvalue weighted by atomic mass is 32.1. The summed E-state index contributed by atoms with van der Waals surface area (Å²) in [6.07, 6.45) is 3.24. The van der Waals surface area contributed by atoms with Crippen LogP contribution in [0.4, 0.5) is 0 Å². The fourth-order valence-electron chi connectivity index (χ4n) is 2.00. The molecule has 1 saturated heterocycles. The van der Waals surface area contributed by atoms with E-state index in [4.69, 9.17) is 4.74 Å². The van der Waals surface area contributed by atoms with Gasteiger partial charge in [-0.25, -0.2) is 4.98 Å². The number of aromatic nitrogens is 1. The Hall–Kier alpha value is -0.450. The topological polar surface area (TPSA) is 34.2 Å². The van der Waals surface area contributed by atoms with Gasteiger partial charge in [0.25, 0.3) is 0 Å². The number of aryl methyl sites for hydroxylation is 2. The highest BCUT2D eigenvalue weighted by molar-refractivity contribution is 7.11. The van der Waals surface area contributed by atoms with E-state index in [0.717, 1.165) is 39.0 Å². The third-order valence-corrected chi connectivity index (χ3v) is 4.05. The van der Waals surface area contributed by atoms with Crippen LogP contribution in [0.3, 0.4) is 0 Å². The molecule has 0 bridgehead atoms. The van der Waals surface area contributed by atoms with Crippen molar-refractivity contribution in [2.75, 3.05) is 19.8 Å². The number of hydrogen-bond acceptors (Lipinski definition) is 4. The Kier molecular flexibility index (Phi) is 4.32. The SMILES string of the molecule is CCc1nc(CCNC2CCOC2)sc1C. The molecule has 3 nitrogen and oxygen atoms in total. The molecule has 1 aromatic rings. The van der Waals surface area contributed by atoms with Crippen molar-refractivity contribution >= 4 is 11.3 Å². The van der Waals surface area contributed by atoms with Gasteiger partial charge in [-0.2, -0.15) is 0 Å². The summed E-state index contributed by atoms with van der Waals surface area (Å²) >= 11 is 1.84. The molecular formula is C12H20N2OS. The van der Waals surface area contributed by atoms with Crippen LogP contribution in [-0.4, -0.2) is 30.8 Å². The molecule has 2 heterocycles. The average molecular weight is 240 g/mol. The summed E-state index contributed by atoms with van der Waals surface area (Å²) in [5, 5.41) is 4.78. The molecule has 0 spiro atoms. The molecule has 4 heteroatoms. The van der Waals surface area contributed by atoms with E-state index in [0.29, 0.717) is 6.04 Å². The summed E-state index contributed by atoms with van der Waals surface area (Å²) < 4.78 is 5.32. The van der Waals surface area contributed by atoms with Gasteiger partial charge in [-0.1, -0.05) is 6.92 Å². The Morgan fingerprint density at radius 3 is 3.06 bits per heavy atom. The van der Waals surface area contributed by atoms with Gasteiger partial charge in [0.15, 0.2) is 0 Å². The number of thiazole rings is 1. The van der Waals surface area contributed by atoms with Crippen LogP contribution < -0.4 is 5.32 Å². The van der Waals surface area contributed by atoms with Crippen molar-refractivity contribution in [1.29, 1.82) is 0 Å². The van der Waals surface area contributed by atoms with Gasteiger partial charge in [0.1, 0.15) is 0 Å². The van der Waals surface area contributed by atoms with Gasteiger partial charge in [-0.05, 0) is 19.8 Å². The normalized spacial score (nSPS) is 20.5. The van der Waals surface area contributed by atoms with Crippen LogP contribution in [0.25, 0.3) is 0 Å². The quantitative estimate of drug-likeness (QED) is 0.854. The molecule has 1 aliphatic heterocycles. The van der Waals surface area contributed by atoms with Crippen LogP contribution >= 0.6 is 11.3 Å². The second-order valence-electron chi connectivity index (χ2n) is 4.23. The van der Waals surface area contributed by atoms with Crippen LogP contribution in [-0.2, 0) is 17.6 Å². The van der Waals surface area contributed by atoms with E-state index in [-0.39, 0.29) is 0 Å². The van der Waals surface area contributed by atoms with Gasteiger partial charge in [0, 0.05) is 30.5 Å². The molecule has 0 aromatic carbocycles. The fraction of sp³-hybridized carbons (Fsp3) is 0.750. The van der Waals surface area contributed by atoms with E-state index in [1.165, 1.54) is 15.6 Å². The minimum atomic E-state index is 0.562. The number of nitrogens with zero attached hydrogens (tertiary/aromatic N) is 1. The highest BCUT2D eigenvalue weighted by Gasteiger charge is 2.14. The van der Waals surface area contributed by atoms with Gasteiger partial charge in [0.05, 0.1) is 17.3 Å². The molecule has 1 unspecified atom stereocenters. The maximum absolute atomic E-state index is 5.32. The van der Waals surface area contributed by atoms with E-state index < -0.39 is 0 Å². The maximum Gasteiger partial charge on any atom is 0.0943 e. The summed E-state index contributed by atoms with van der Waals surface area (Å²) in [4.78, 5) is 6.02. The average Bonchev–Trinajstić information content (AvgIpc) is 2.88. The van der Waals surface area contributed by atoms with Crippen LogP contribution in [0.1, 0.15) is 28.9 Å². The van der Waals surface area contributed by atoms with E-state index in [2.05, 4.69) is 24.1 Å². The van der Waals surface area contributed by atoms with Gasteiger partial charge in [-0.15, -0.1) is 11.3 Å². The number of rotatable bonds is 5. The Morgan fingerprint density at radius 1 is 1.56 bits per heavy atom. The molecule has 90 valence electrons. The summed E-state index contributed by atoms with van der Waals surface area (Å²) in [6, 6.07) is 0.562. The van der Waals surface area contributed by atoms with E-state index in [1.54, 1.807) is 0 Å². The smallest absolute Gasteiger partial charge is 0.0943 e. The van der Waals surface area contributed by atoms with Crippen molar-refractivity contribution in [3.05, 3.63) is 15.6 Å². The molecule has 1 atom stereocenters. The molecule has 0 saturated carbocycles. The van der Waals surface area contributed by atoms with E-state index in [9.17, 15) is 0 Å². The lowest BCUT2D eigenvalue weighted by molar-refractivity contribution is 0.190. The number of hydrogen-bond donors (Lipinski definition) is 1. The third kappa shape index (κ3) is 3.03.